The summed E-state index contributed by atoms with van der Waals surface area (Å²) in [4.78, 5) is 4.24. The van der Waals surface area contributed by atoms with Crippen molar-refractivity contribution in [2.75, 3.05) is 20.6 Å². The molecule has 1 nitrogen and oxygen atoms in total. The minimum Gasteiger partial charge on any atom is -0.309 e. The lowest BCUT2D eigenvalue weighted by molar-refractivity contribution is 0.417. The molecule has 0 bridgehead atoms. The monoisotopic (exact) mass is 333 g/mol. The standard InChI is InChI=1S/C18H17ClFNS/c1-21(2)9-3-4-14-15-7-6-13(20)11-18(15)22-17-8-5-12(19)10-16(14)17/h4-8,10-11H,3,9H2,1-2H3. The molecule has 1 aliphatic heterocycles. The molecule has 0 unspecified atom stereocenters. The molecule has 1 heterocycles. The number of hydrogen-bond donors (Lipinski definition) is 0. The van der Waals surface area contributed by atoms with Crippen LogP contribution in [-0.2, 0) is 0 Å². The molecule has 3 rings (SSSR count). The maximum Gasteiger partial charge on any atom is 0.124 e. The largest absolute Gasteiger partial charge is 0.309 e. The molecule has 0 N–H and O–H groups in total. The Kier molecular flexibility index (Phi) is 4.57. The molecule has 4 heteroatoms. The van der Waals surface area contributed by atoms with Crippen LogP contribution in [-0.4, -0.2) is 25.5 Å². The Labute approximate surface area is 139 Å². The molecule has 2 aromatic rings. The van der Waals surface area contributed by atoms with Gasteiger partial charge >= 0.3 is 0 Å². The fraction of sp³-hybridized carbons (Fsp3) is 0.222. The summed E-state index contributed by atoms with van der Waals surface area (Å²) in [7, 11) is 4.12. The average molecular weight is 334 g/mol. The first kappa shape index (κ1) is 15.6. The fourth-order valence-corrected chi connectivity index (χ4v) is 3.84. The molecule has 2 aromatic carbocycles. The van der Waals surface area contributed by atoms with Gasteiger partial charge in [0.1, 0.15) is 5.82 Å². The first-order valence-electron chi connectivity index (χ1n) is 7.17. The van der Waals surface area contributed by atoms with Gasteiger partial charge in [0.2, 0.25) is 0 Å². The van der Waals surface area contributed by atoms with Crippen molar-refractivity contribution < 1.29 is 4.39 Å². The summed E-state index contributed by atoms with van der Waals surface area (Å²) in [6, 6.07) is 10.9. The molecule has 22 heavy (non-hydrogen) atoms. The highest BCUT2D eigenvalue weighted by molar-refractivity contribution is 7.99. The normalized spacial score (nSPS) is 15.0. The van der Waals surface area contributed by atoms with Crippen LogP contribution in [0.1, 0.15) is 17.5 Å². The molecule has 0 radical (unpaired) electrons. The molecule has 114 valence electrons. The van der Waals surface area contributed by atoms with Gasteiger partial charge in [-0.25, -0.2) is 4.39 Å². The number of halogens is 2. The predicted octanol–water partition coefficient (Wildman–Crippen LogP) is 5.33. The summed E-state index contributed by atoms with van der Waals surface area (Å²) in [5.74, 6) is -0.198. The molecule has 0 aromatic heterocycles. The Hall–Kier alpha value is -1.29. The van der Waals surface area contributed by atoms with Crippen molar-refractivity contribution in [1.29, 1.82) is 0 Å². The van der Waals surface area contributed by atoms with E-state index >= 15 is 0 Å². The van der Waals surface area contributed by atoms with E-state index in [2.05, 4.69) is 25.1 Å². The molecule has 0 aliphatic carbocycles. The summed E-state index contributed by atoms with van der Waals surface area (Å²) in [6.45, 7) is 0.975. The third kappa shape index (κ3) is 3.22. The number of fused-ring (bicyclic) bond motifs is 2. The van der Waals surface area contributed by atoms with E-state index in [9.17, 15) is 4.39 Å². The zero-order valence-electron chi connectivity index (χ0n) is 12.6. The van der Waals surface area contributed by atoms with Gasteiger partial charge in [-0.1, -0.05) is 35.5 Å². The van der Waals surface area contributed by atoms with E-state index in [1.165, 1.54) is 6.07 Å². The van der Waals surface area contributed by atoms with Crippen LogP contribution in [0.2, 0.25) is 5.02 Å². The van der Waals surface area contributed by atoms with Gasteiger partial charge in [0.15, 0.2) is 0 Å². The van der Waals surface area contributed by atoms with Gasteiger partial charge in [0, 0.05) is 21.4 Å². The lowest BCUT2D eigenvalue weighted by Gasteiger charge is -2.22. The quantitative estimate of drug-likeness (QED) is 0.637. The number of rotatable bonds is 3. The van der Waals surface area contributed by atoms with Crippen molar-refractivity contribution in [1.82, 2.24) is 4.90 Å². The molecular weight excluding hydrogens is 317 g/mol. The minimum absolute atomic E-state index is 0.198. The van der Waals surface area contributed by atoms with Crippen LogP contribution in [0, 0.1) is 5.82 Å². The maximum atomic E-state index is 13.6. The van der Waals surface area contributed by atoms with Gasteiger partial charge in [0.25, 0.3) is 0 Å². The fourth-order valence-electron chi connectivity index (χ4n) is 2.56. The Morgan fingerprint density at radius 3 is 2.68 bits per heavy atom. The molecule has 1 aliphatic rings. The second-order valence-corrected chi connectivity index (χ2v) is 7.11. The molecule has 0 fully saturated rings. The number of benzene rings is 2. The minimum atomic E-state index is -0.198. The predicted molar refractivity (Wildman–Crippen MR) is 92.2 cm³/mol. The summed E-state index contributed by atoms with van der Waals surface area (Å²) >= 11 is 7.77. The third-order valence-corrected chi connectivity index (χ3v) is 4.98. The summed E-state index contributed by atoms with van der Waals surface area (Å²) < 4.78 is 13.6. The second kappa shape index (κ2) is 6.45. The molecule has 0 saturated carbocycles. The molecule has 0 atom stereocenters. The Bertz CT molecular complexity index is 740. The summed E-state index contributed by atoms with van der Waals surface area (Å²) in [5.41, 5.74) is 3.36. The van der Waals surface area contributed by atoms with Gasteiger partial charge in [-0.05, 0) is 67.5 Å². The van der Waals surface area contributed by atoms with Crippen LogP contribution in [0.5, 0.6) is 0 Å². The van der Waals surface area contributed by atoms with Gasteiger partial charge in [-0.3, -0.25) is 0 Å². The Balaban J connectivity index is 2.08. The highest BCUT2D eigenvalue weighted by Gasteiger charge is 2.21. The lowest BCUT2D eigenvalue weighted by Crippen LogP contribution is -2.12. The van der Waals surface area contributed by atoms with Crippen LogP contribution in [0.4, 0.5) is 4.39 Å². The molecule has 0 saturated heterocycles. The highest BCUT2D eigenvalue weighted by atomic mass is 35.5. The van der Waals surface area contributed by atoms with Crippen LogP contribution >= 0.6 is 23.4 Å². The SMILES string of the molecule is CN(C)CCC=C1c2ccc(F)cc2Sc2ccc(Cl)cc21. The van der Waals surface area contributed by atoms with Gasteiger partial charge in [-0.2, -0.15) is 0 Å². The van der Waals surface area contributed by atoms with Crippen molar-refractivity contribution in [2.24, 2.45) is 0 Å². The van der Waals surface area contributed by atoms with E-state index in [1.807, 2.05) is 24.3 Å². The molecule has 0 spiro atoms. The third-order valence-electron chi connectivity index (χ3n) is 3.61. The lowest BCUT2D eigenvalue weighted by atomic mass is 9.96. The summed E-state index contributed by atoms with van der Waals surface area (Å²) in [6.07, 6.45) is 3.17. The Morgan fingerprint density at radius 2 is 1.91 bits per heavy atom. The van der Waals surface area contributed by atoms with Gasteiger partial charge in [-0.15, -0.1) is 0 Å². The van der Waals surface area contributed by atoms with E-state index in [0.29, 0.717) is 0 Å². The van der Waals surface area contributed by atoms with Gasteiger partial charge in [0.05, 0.1) is 0 Å². The maximum absolute atomic E-state index is 13.6. The van der Waals surface area contributed by atoms with E-state index in [4.69, 9.17) is 11.6 Å². The van der Waals surface area contributed by atoms with Crippen LogP contribution in [0.25, 0.3) is 5.57 Å². The molecule has 0 amide bonds. The molecular formula is C18H17ClFNS. The zero-order chi connectivity index (χ0) is 15.7. The van der Waals surface area contributed by atoms with E-state index < -0.39 is 0 Å². The smallest absolute Gasteiger partial charge is 0.124 e. The van der Waals surface area contributed by atoms with Crippen molar-refractivity contribution in [3.8, 4) is 0 Å². The van der Waals surface area contributed by atoms with Crippen molar-refractivity contribution in [3.63, 3.8) is 0 Å². The second-order valence-electron chi connectivity index (χ2n) is 5.59. The van der Waals surface area contributed by atoms with Gasteiger partial charge < -0.3 is 4.90 Å². The highest BCUT2D eigenvalue weighted by Crippen LogP contribution is 2.46. The zero-order valence-corrected chi connectivity index (χ0v) is 14.1. The van der Waals surface area contributed by atoms with Crippen LogP contribution in [0.15, 0.2) is 52.3 Å². The van der Waals surface area contributed by atoms with Crippen molar-refractivity contribution in [2.45, 2.75) is 16.2 Å². The number of hydrogen-bond acceptors (Lipinski definition) is 2. The van der Waals surface area contributed by atoms with Crippen LogP contribution < -0.4 is 0 Å². The van der Waals surface area contributed by atoms with E-state index in [1.54, 1.807) is 17.8 Å². The average Bonchev–Trinajstić information content (AvgIpc) is 2.46. The van der Waals surface area contributed by atoms with Crippen molar-refractivity contribution >= 4 is 28.9 Å². The number of nitrogens with zero attached hydrogens (tertiary/aromatic N) is 1. The Morgan fingerprint density at radius 1 is 1.09 bits per heavy atom. The van der Waals surface area contributed by atoms with E-state index in [-0.39, 0.29) is 5.82 Å². The van der Waals surface area contributed by atoms with E-state index in [0.717, 1.165) is 44.5 Å². The topological polar surface area (TPSA) is 3.24 Å². The first-order valence-corrected chi connectivity index (χ1v) is 8.36. The van der Waals surface area contributed by atoms with Crippen molar-refractivity contribution in [3.05, 3.63) is 64.4 Å². The van der Waals surface area contributed by atoms with Crippen LogP contribution in [0.3, 0.4) is 0 Å². The first-order chi connectivity index (χ1) is 10.5. The summed E-state index contributed by atoms with van der Waals surface area (Å²) in [5, 5.41) is 0.725.